The normalized spacial score (nSPS) is 16.8. The second-order valence-corrected chi connectivity index (χ2v) is 7.19. The Bertz CT molecular complexity index is 907. The molecular weight excluding hydrogens is 357 g/mol. The molecule has 0 radical (unpaired) electrons. The summed E-state index contributed by atoms with van der Waals surface area (Å²) in [5.74, 6) is 0.909. The van der Waals surface area contributed by atoms with Crippen molar-refractivity contribution in [3.63, 3.8) is 0 Å². The number of halogens is 1. The standard InChI is InChI=1S/C22H24FN3O2/c1-16-21(25-22(28-16)18-4-2-5-19(23)12-18)15-26(14-20-6-3-11-27-20)13-17-7-9-24-10-8-17/h2,4-5,7-10,12,20H,3,6,11,13-15H2,1H3/t20-/m1/s1. The van der Waals surface area contributed by atoms with Crippen LogP contribution in [0.15, 0.2) is 53.2 Å². The van der Waals surface area contributed by atoms with E-state index < -0.39 is 0 Å². The van der Waals surface area contributed by atoms with Crippen molar-refractivity contribution >= 4 is 0 Å². The summed E-state index contributed by atoms with van der Waals surface area (Å²) in [7, 11) is 0. The predicted molar refractivity (Wildman–Crippen MR) is 104 cm³/mol. The van der Waals surface area contributed by atoms with E-state index in [4.69, 9.17) is 9.15 Å². The molecule has 0 unspecified atom stereocenters. The molecule has 0 amide bonds. The Morgan fingerprint density at radius 2 is 2.04 bits per heavy atom. The zero-order chi connectivity index (χ0) is 19.3. The molecule has 0 N–H and O–H groups in total. The first kappa shape index (κ1) is 18.8. The van der Waals surface area contributed by atoms with Gasteiger partial charge in [0, 0.05) is 44.2 Å². The van der Waals surface area contributed by atoms with Gasteiger partial charge in [-0.1, -0.05) is 6.07 Å². The van der Waals surface area contributed by atoms with Gasteiger partial charge in [-0.25, -0.2) is 9.37 Å². The van der Waals surface area contributed by atoms with Crippen LogP contribution in [0.25, 0.3) is 11.5 Å². The Kier molecular flexibility index (Phi) is 5.78. The van der Waals surface area contributed by atoms with Gasteiger partial charge in [0.1, 0.15) is 11.6 Å². The first-order valence-corrected chi connectivity index (χ1v) is 9.62. The van der Waals surface area contributed by atoms with Crippen LogP contribution in [0.1, 0.15) is 29.9 Å². The Hall–Kier alpha value is -2.57. The lowest BCUT2D eigenvalue weighted by Gasteiger charge is -2.24. The van der Waals surface area contributed by atoms with E-state index in [1.165, 1.54) is 17.7 Å². The summed E-state index contributed by atoms with van der Waals surface area (Å²) in [5, 5.41) is 0. The number of hydrogen-bond donors (Lipinski definition) is 0. The average Bonchev–Trinajstić information content (AvgIpc) is 3.33. The van der Waals surface area contributed by atoms with E-state index in [-0.39, 0.29) is 11.9 Å². The van der Waals surface area contributed by atoms with Crippen LogP contribution in [0, 0.1) is 12.7 Å². The van der Waals surface area contributed by atoms with Crippen LogP contribution in [-0.4, -0.2) is 34.1 Å². The van der Waals surface area contributed by atoms with Gasteiger partial charge in [-0.3, -0.25) is 9.88 Å². The summed E-state index contributed by atoms with van der Waals surface area (Å²) in [6.07, 6.45) is 6.06. The van der Waals surface area contributed by atoms with Gasteiger partial charge in [-0.2, -0.15) is 0 Å². The summed E-state index contributed by atoms with van der Waals surface area (Å²) >= 11 is 0. The smallest absolute Gasteiger partial charge is 0.226 e. The molecule has 146 valence electrons. The second kappa shape index (κ2) is 8.63. The minimum absolute atomic E-state index is 0.247. The molecular formula is C22H24FN3O2. The van der Waals surface area contributed by atoms with Crippen LogP contribution in [-0.2, 0) is 17.8 Å². The van der Waals surface area contributed by atoms with E-state index in [1.807, 2.05) is 31.5 Å². The Morgan fingerprint density at radius 3 is 2.79 bits per heavy atom. The molecule has 1 fully saturated rings. The quantitative estimate of drug-likeness (QED) is 0.608. The van der Waals surface area contributed by atoms with E-state index in [0.29, 0.717) is 18.0 Å². The molecule has 1 saturated heterocycles. The van der Waals surface area contributed by atoms with E-state index in [0.717, 1.165) is 44.0 Å². The number of benzene rings is 1. The fourth-order valence-electron chi connectivity index (χ4n) is 3.54. The molecule has 6 heteroatoms. The molecule has 1 aliphatic heterocycles. The molecule has 0 saturated carbocycles. The number of aromatic nitrogens is 2. The summed E-state index contributed by atoms with van der Waals surface area (Å²) in [6.45, 7) is 5.00. The molecule has 1 aliphatic rings. The molecule has 28 heavy (non-hydrogen) atoms. The number of ether oxygens (including phenoxy) is 1. The Morgan fingerprint density at radius 1 is 1.18 bits per heavy atom. The minimum Gasteiger partial charge on any atom is -0.441 e. The van der Waals surface area contributed by atoms with Gasteiger partial charge in [0.2, 0.25) is 5.89 Å². The van der Waals surface area contributed by atoms with E-state index >= 15 is 0 Å². The number of oxazole rings is 1. The lowest BCUT2D eigenvalue weighted by Crippen LogP contribution is -2.31. The van der Waals surface area contributed by atoms with Crippen molar-refractivity contribution in [3.05, 3.63) is 71.6 Å². The van der Waals surface area contributed by atoms with E-state index in [9.17, 15) is 4.39 Å². The summed E-state index contributed by atoms with van der Waals surface area (Å²) in [6, 6.07) is 10.4. The molecule has 4 rings (SSSR count). The largest absolute Gasteiger partial charge is 0.441 e. The molecule has 0 aliphatic carbocycles. The molecule has 0 bridgehead atoms. The van der Waals surface area contributed by atoms with Crippen LogP contribution in [0.4, 0.5) is 4.39 Å². The zero-order valence-corrected chi connectivity index (χ0v) is 16.0. The zero-order valence-electron chi connectivity index (χ0n) is 16.0. The van der Waals surface area contributed by atoms with Crippen molar-refractivity contribution < 1.29 is 13.5 Å². The van der Waals surface area contributed by atoms with Crippen molar-refractivity contribution in [3.8, 4) is 11.5 Å². The molecule has 3 heterocycles. The number of nitrogens with zero attached hydrogens (tertiary/aromatic N) is 3. The van der Waals surface area contributed by atoms with Gasteiger partial charge < -0.3 is 9.15 Å². The Labute approximate surface area is 164 Å². The molecule has 1 aromatic carbocycles. The van der Waals surface area contributed by atoms with Crippen LogP contribution < -0.4 is 0 Å². The SMILES string of the molecule is Cc1oc(-c2cccc(F)c2)nc1CN(Cc1ccncc1)C[C@H]1CCCO1. The van der Waals surface area contributed by atoms with Gasteiger partial charge in [0.25, 0.3) is 0 Å². The number of pyridine rings is 1. The highest BCUT2D eigenvalue weighted by atomic mass is 19.1. The molecule has 3 aromatic rings. The van der Waals surface area contributed by atoms with Crippen LogP contribution in [0.5, 0.6) is 0 Å². The average molecular weight is 381 g/mol. The van der Waals surface area contributed by atoms with Gasteiger partial charge >= 0.3 is 0 Å². The first-order chi connectivity index (χ1) is 13.7. The van der Waals surface area contributed by atoms with Crippen LogP contribution in [0.3, 0.4) is 0 Å². The Balaban J connectivity index is 1.53. The third-order valence-corrected chi connectivity index (χ3v) is 4.98. The van der Waals surface area contributed by atoms with Gasteiger partial charge in [-0.05, 0) is 55.7 Å². The number of hydrogen-bond acceptors (Lipinski definition) is 5. The van der Waals surface area contributed by atoms with Gasteiger partial charge in [-0.15, -0.1) is 0 Å². The summed E-state index contributed by atoms with van der Waals surface area (Å²) in [5.41, 5.74) is 2.71. The molecule has 2 aromatic heterocycles. The first-order valence-electron chi connectivity index (χ1n) is 9.62. The van der Waals surface area contributed by atoms with Crippen molar-refractivity contribution in [2.75, 3.05) is 13.2 Å². The topological polar surface area (TPSA) is 51.4 Å². The van der Waals surface area contributed by atoms with Gasteiger partial charge in [0.05, 0.1) is 11.8 Å². The maximum atomic E-state index is 13.5. The highest BCUT2D eigenvalue weighted by Crippen LogP contribution is 2.24. The molecule has 0 spiro atoms. The van der Waals surface area contributed by atoms with Crippen LogP contribution >= 0.6 is 0 Å². The highest BCUT2D eigenvalue weighted by Gasteiger charge is 2.22. The van der Waals surface area contributed by atoms with Crippen molar-refractivity contribution in [2.24, 2.45) is 0 Å². The van der Waals surface area contributed by atoms with Crippen LogP contribution in [0.2, 0.25) is 0 Å². The monoisotopic (exact) mass is 381 g/mol. The lowest BCUT2D eigenvalue weighted by atomic mass is 10.2. The number of rotatable bonds is 7. The minimum atomic E-state index is -0.299. The highest BCUT2D eigenvalue weighted by molar-refractivity contribution is 5.53. The fraction of sp³-hybridized carbons (Fsp3) is 0.364. The van der Waals surface area contributed by atoms with Crippen molar-refractivity contribution in [1.82, 2.24) is 14.9 Å². The number of aryl methyl sites for hydroxylation is 1. The maximum Gasteiger partial charge on any atom is 0.226 e. The van der Waals surface area contributed by atoms with Gasteiger partial charge in [0.15, 0.2) is 0 Å². The third-order valence-electron chi connectivity index (χ3n) is 4.98. The lowest BCUT2D eigenvalue weighted by molar-refractivity contribution is 0.0673. The fourth-order valence-corrected chi connectivity index (χ4v) is 3.54. The van der Waals surface area contributed by atoms with E-state index in [1.54, 1.807) is 12.1 Å². The maximum absolute atomic E-state index is 13.5. The third kappa shape index (κ3) is 4.64. The second-order valence-electron chi connectivity index (χ2n) is 7.19. The van der Waals surface area contributed by atoms with E-state index in [2.05, 4.69) is 14.9 Å². The van der Waals surface area contributed by atoms with Crippen molar-refractivity contribution in [2.45, 2.75) is 39.0 Å². The molecule has 1 atom stereocenters. The summed E-state index contributed by atoms with van der Waals surface area (Å²) in [4.78, 5) is 11.1. The summed E-state index contributed by atoms with van der Waals surface area (Å²) < 4.78 is 25.2. The molecule has 5 nitrogen and oxygen atoms in total. The predicted octanol–water partition coefficient (Wildman–Crippen LogP) is 4.37. The van der Waals surface area contributed by atoms with Crippen molar-refractivity contribution in [1.29, 1.82) is 0 Å².